The second kappa shape index (κ2) is 8.24. The quantitative estimate of drug-likeness (QED) is 0.767. The van der Waals surface area contributed by atoms with Crippen LogP contribution in [0, 0.1) is 0 Å². The van der Waals surface area contributed by atoms with E-state index in [0.29, 0.717) is 31.3 Å². The SMILES string of the molecule is O=C(c1ccc(Cl)cc1NS(=O)(=O)c1ccc(Cl)c(Cl)c1)N1CCOCC1. The van der Waals surface area contributed by atoms with Crippen LogP contribution in [0.15, 0.2) is 41.3 Å². The predicted molar refractivity (Wildman–Crippen MR) is 105 cm³/mol. The second-order valence-electron chi connectivity index (χ2n) is 5.78. The molecule has 1 aliphatic rings. The Kier molecular flexibility index (Phi) is 6.18. The molecule has 1 heterocycles. The lowest BCUT2D eigenvalue weighted by Gasteiger charge is -2.27. The highest BCUT2D eigenvalue weighted by Gasteiger charge is 2.24. The van der Waals surface area contributed by atoms with Gasteiger partial charge in [-0.25, -0.2) is 8.42 Å². The Morgan fingerprint density at radius 2 is 1.70 bits per heavy atom. The number of carbonyl (C=O) groups is 1. The van der Waals surface area contributed by atoms with Crippen LogP contribution in [0.1, 0.15) is 10.4 Å². The van der Waals surface area contributed by atoms with Crippen LogP contribution in [0.2, 0.25) is 15.1 Å². The molecule has 0 saturated carbocycles. The van der Waals surface area contributed by atoms with E-state index in [4.69, 9.17) is 39.5 Å². The van der Waals surface area contributed by atoms with Gasteiger partial charge in [0.25, 0.3) is 15.9 Å². The zero-order valence-electron chi connectivity index (χ0n) is 13.9. The molecule has 2 aromatic rings. The molecule has 0 aromatic heterocycles. The van der Waals surface area contributed by atoms with E-state index in [2.05, 4.69) is 4.72 Å². The minimum atomic E-state index is -4.00. The monoisotopic (exact) mass is 448 g/mol. The summed E-state index contributed by atoms with van der Waals surface area (Å²) < 4.78 is 33.1. The van der Waals surface area contributed by atoms with Crippen LogP contribution in [0.4, 0.5) is 5.69 Å². The molecule has 0 unspecified atom stereocenters. The van der Waals surface area contributed by atoms with Gasteiger partial charge < -0.3 is 9.64 Å². The molecule has 2 aromatic carbocycles. The van der Waals surface area contributed by atoms with E-state index in [1.54, 1.807) is 4.90 Å². The van der Waals surface area contributed by atoms with Gasteiger partial charge in [-0.05, 0) is 36.4 Å². The van der Waals surface area contributed by atoms with Gasteiger partial charge in [0.1, 0.15) is 0 Å². The van der Waals surface area contributed by atoms with Crippen LogP contribution in [0.25, 0.3) is 0 Å². The third-order valence-corrected chi connectivity index (χ3v) is 6.29. The fraction of sp³-hybridized carbons (Fsp3) is 0.235. The van der Waals surface area contributed by atoms with Crippen LogP contribution in [-0.2, 0) is 14.8 Å². The second-order valence-corrected chi connectivity index (χ2v) is 8.71. The van der Waals surface area contributed by atoms with Crippen LogP contribution >= 0.6 is 34.8 Å². The van der Waals surface area contributed by atoms with Crippen molar-refractivity contribution >= 4 is 56.4 Å². The van der Waals surface area contributed by atoms with E-state index in [1.807, 2.05) is 0 Å². The molecule has 6 nitrogen and oxygen atoms in total. The molecule has 1 aliphatic heterocycles. The van der Waals surface area contributed by atoms with Crippen LogP contribution in [0.3, 0.4) is 0 Å². The maximum atomic E-state index is 12.8. The molecule has 27 heavy (non-hydrogen) atoms. The molecular weight excluding hydrogens is 435 g/mol. The molecule has 0 spiro atoms. The van der Waals surface area contributed by atoms with Crippen molar-refractivity contribution < 1.29 is 17.9 Å². The molecule has 0 radical (unpaired) electrons. The highest BCUT2D eigenvalue weighted by atomic mass is 35.5. The average Bonchev–Trinajstić information content (AvgIpc) is 2.64. The number of nitrogens with zero attached hydrogens (tertiary/aromatic N) is 1. The van der Waals surface area contributed by atoms with Gasteiger partial charge in [-0.3, -0.25) is 9.52 Å². The first-order chi connectivity index (χ1) is 12.8. The summed E-state index contributed by atoms with van der Waals surface area (Å²) in [6.07, 6.45) is 0. The minimum absolute atomic E-state index is 0.0818. The number of rotatable bonds is 4. The van der Waals surface area contributed by atoms with Gasteiger partial charge in [0.15, 0.2) is 0 Å². The Bertz CT molecular complexity index is 976. The zero-order chi connectivity index (χ0) is 19.6. The number of carbonyl (C=O) groups excluding carboxylic acids is 1. The molecule has 3 rings (SSSR count). The summed E-state index contributed by atoms with van der Waals surface area (Å²) in [5.41, 5.74) is 0.287. The number of sulfonamides is 1. The number of morpholine rings is 1. The van der Waals surface area contributed by atoms with Crippen molar-refractivity contribution in [1.29, 1.82) is 0 Å². The molecule has 0 aliphatic carbocycles. The summed E-state index contributed by atoms with van der Waals surface area (Å²) >= 11 is 17.8. The first kappa shape index (κ1) is 20.2. The van der Waals surface area contributed by atoms with Gasteiger partial charge >= 0.3 is 0 Å². The van der Waals surface area contributed by atoms with Crippen molar-refractivity contribution in [3.63, 3.8) is 0 Å². The maximum Gasteiger partial charge on any atom is 0.261 e. The van der Waals surface area contributed by atoms with Crippen molar-refractivity contribution in [1.82, 2.24) is 4.90 Å². The normalized spacial score (nSPS) is 14.9. The van der Waals surface area contributed by atoms with E-state index < -0.39 is 10.0 Å². The summed E-state index contributed by atoms with van der Waals surface area (Å²) in [4.78, 5) is 14.3. The first-order valence-corrected chi connectivity index (χ1v) is 10.5. The molecule has 0 bridgehead atoms. The van der Waals surface area contributed by atoms with E-state index >= 15 is 0 Å². The number of hydrogen-bond acceptors (Lipinski definition) is 4. The zero-order valence-corrected chi connectivity index (χ0v) is 17.0. The van der Waals surface area contributed by atoms with Crippen molar-refractivity contribution in [2.45, 2.75) is 4.90 Å². The van der Waals surface area contributed by atoms with Gasteiger partial charge in [0.05, 0.1) is 39.4 Å². The molecular formula is C17H15Cl3N2O4S. The van der Waals surface area contributed by atoms with Crippen LogP contribution < -0.4 is 4.72 Å². The largest absolute Gasteiger partial charge is 0.378 e. The van der Waals surface area contributed by atoms with Crippen molar-refractivity contribution in [3.05, 3.63) is 57.0 Å². The fourth-order valence-electron chi connectivity index (χ4n) is 2.57. The van der Waals surface area contributed by atoms with Gasteiger partial charge in [-0.15, -0.1) is 0 Å². The molecule has 1 fully saturated rings. The standard InChI is InChI=1S/C17H15Cl3N2O4S/c18-11-1-3-13(17(23)22-5-7-26-8-6-22)16(9-11)21-27(24,25)12-2-4-14(19)15(20)10-12/h1-4,9-10,21H,5-8H2. The first-order valence-electron chi connectivity index (χ1n) is 7.92. The van der Waals surface area contributed by atoms with Crippen LogP contribution in [0.5, 0.6) is 0 Å². The molecule has 144 valence electrons. The Labute approximate surface area is 172 Å². The van der Waals surface area contributed by atoms with Crippen molar-refractivity contribution in [2.24, 2.45) is 0 Å². The average molecular weight is 450 g/mol. The molecule has 1 amide bonds. The highest BCUT2D eigenvalue weighted by Crippen LogP contribution is 2.28. The summed E-state index contributed by atoms with van der Waals surface area (Å²) in [5, 5.41) is 0.636. The molecule has 0 atom stereocenters. The number of ether oxygens (including phenoxy) is 1. The Morgan fingerprint density at radius 1 is 1.00 bits per heavy atom. The topological polar surface area (TPSA) is 75.7 Å². The predicted octanol–water partition coefficient (Wildman–Crippen LogP) is 3.92. The van der Waals surface area contributed by atoms with Gasteiger partial charge in [0.2, 0.25) is 0 Å². The van der Waals surface area contributed by atoms with Gasteiger partial charge in [0, 0.05) is 18.1 Å². The highest BCUT2D eigenvalue weighted by molar-refractivity contribution is 7.92. The lowest BCUT2D eigenvalue weighted by molar-refractivity contribution is 0.0303. The fourth-order valence-corrected chi connectivity index (χ4v) is 4.20. The smallest absolute Gasteiger partial charge is 0.261 e. The number of halogens is 3. The molecule has 10 heteroatoms. The van der Waals surface area contributed by atoms with E-state index in [9.17, 15) is 13.2 Å². The third-order valence-electron chi connectivity index (χ3n) is 3.96. The number of anilines is 1. The number of nitrogens with one attached hydrogen (secondary N) is 1. The number of amides is 1. The maximum absolute atomic E-state index is 12.8. The van der Waals surface area contributed by atoms with Crippen LogP contribution in [-0.4, -0.2) is 45.5 Å². The molecule has 1 N–H and O–H groups in total. The summed E-state index contributed by atoms with van der Waals surface area (Å²) in [6, 6.07) is 8.37. The lowest BCUT2D eigenvalue weighted by atomic mass is 10.1. The van der Waals surface area contributed by atoms with Gasteiger partial charge in [-0.1, -0.05) is 34.8 Å². The van der Waals surface area contributed by atoms with Crippen molar-refractivity contribution in [2.75, 3.05) is 31.0 Å². The van der Waals surface area contributed by atoms with Gasteiger partial charge in [-0.2, -0.15) is 0 Å². The van der Waals surface area contributed by atoms with E-state index in [1.165, 1.54) is 36.4 Å². The summed E-state index contributed by atoms with van der Waals surface area (Å²) in [5.74, 6) is -0.304. The molecule has 1 saturated heterocycles. The van der Waals surface area contributed by atoms with Crippen molar-refractivity contribution in [3.8, 4) is 0 Å². The Hall–Kier alpha value is -1.51. The van der Waals surface area contributed by atoms with E-state index in [0.717, 1.165) is 0 Å². The Balaban J connectivity index is 1.94. The minimum Gasteiger partial charge on any atom is -0.378 e. The third kappa shape index (κ3) is 4.67. The summed E-state index contributed by atoms with van der Waals surface area (Å²) in [6.45, 7) is 1.73. The lowest BCUT2D eigenvalue weighted by Crippen LogP contribution is -2.41. The Morgan fingerprint density at radius 3 is 2.37 bits per heavy atom. The van der Waals surface area contributed by atoms with E-state index in [-0.39, 0.29) is 32.1 Å². The number of hydrogen-bond donors (Lipinski definition) is 1. The number of benzene rings is 2. The summed E-state index contributed by atoms with van der Waals surface area (Å²) in [7, 11) is -4.00.